The summed E-state index contributed by atoms with van der Waals surface area (Å²) in [6.07, 6.45) is 2.00. The first-order chi connectivity index (χ1) is 18.1. The quantitative estimate of drug-likeness (QED) is 0.218. The van der Waals surface area contributed by atoms with Crippen molar-refractivity contribution in [2.45, 2.75) is 26.0 Å². The maximum Gasteiger partial charge on any atom is 0.287 e. The van der Waals surface area contributed by atoms with Gasteiger partial charge in [0.05, 0.1) is 24.0 Å². The Hall–Kier alpha value is -2.66. The molecular weight excluding hydrogens is 514 g/mol. The highest BCUT2D eigenvalue weighted by Gasteiger charge is 2.18. The van der Waals surface area contributed by atoms with Crippen LogP contribution in [-0.2, 0) is 15.8 Å². The minimum Gasteiger partial charge on any atom is -0.494 e. The lowest BCUT2D eigenvalue weighted by Crippen LogP contribution is -2.46. The van der Waals surface area contributed by atoms with Crippen molar-refractivity contribution in [3.8, 4) is 5.75 Å². The highest BCUT2D eigenvalue weighted by atomic mass is 35.5. The molecule has 37 heavy (non-hydrogen) atoms. The van der Waals surface area contributed by atoms with E-state index in [-0.39, 0.29) is 12.3 Å². The van der Waals surface area contributed by atoms with Gasteiger partial charge in [-0.2, -0.15) is 0 Å². The highest BCUT2D eigenvalue weighted by molar-refractivity contribution is 7.17. The van der Waals surface area contributed by atoms with Gasteiger partial charge in [0.1, 0.15) is 12.5 Å². The number of aromatic nitrogens is 1. The van der Waals surface area contributed by atoms with Crippen molar-refractivity contribution in [1.29, 1.82) is 0 Å². The molecule has 1 atom stereocenters. The van der Waals surface area contributed by atoms with Gasteiger partial charge in [0, 0.05) is 54.1 Å². The van der Waals surface area contributed by atoms with Crippen molar-refractivity contribution in [2.75, 3.05) is 44.2 Å². The molecular formula is C27H30ClN3O5S. The molecule has 0 amide bonds. The molecule has 4 aromatic rings. The van der Waals surface area contributed by atoms with Crippen molar-refractivity contribution < 1.29 is 18.9 Å². The van der Waals surface area contributed by atoms with Crippen molar-refractivity contribution in [3.63, 3.8) is 0 Å². The summed E-state index contributed by atoms with van der Waals surface area (Å²) in [5.74, 6) is 0.678. The predicted octanol–water partition coefficient (Wildman–Crippen LogP) is 4.62. The molecule has 196 valence electrons. The molecule has 0 spiro atoms. The second-order valence-electron chi connectivity index (χ2n) is 9.01. The highest BCUT2D eigenvalue weighted by Crippen LogP contribution is 2.31. The van der Waals surface area contributed by atoms with E-state index in [1.54, 1.807) is 23.5 Å². The number of ether oxygens (including phenoxy) is 2. The van der Waals surface area contributed by atoms with Crippen LogP contribution in [0.25, 0.3) is 21.0 Å². The number of rotatable bonds is 11. The molecule has 2 aromatic heterocycles. The Labute approximate surface area is 224 Å². The first kappa shape index (κ1) is 26.0. The summed E-state index contributed by atoms with van der Waals surface area (Å²) in [5.41, 5.74) is 1.73. The molecule has 1 saturated heterocycles. The van der Waals surface area contributed by atoms with Gasteiger partial charge in [0.2, 0.25) is 0 Å². The number of aliphatic hydroxyl groups is 1. The lowest BCUT2D eigenvalue weighted by atomic mass is 10.2. The monoisotopic (exact) mass is 543 g/mol. The second-order valence-corrected chi connectivity index (χ2v) is 10.1. The first-order valence-electron chi connectivity index (χ1n) is 12.4. The number of anilines is 1. The van der Waals surface area contributed by atoms with Crippen molar-refractivity contribution in [1.82, 2.24) is 9.47 Å². The molecule has 1 fully saturated rings. The van der Waals surface area contributed by atoms with Gasteiger partial charge in [-0.3, -0.25) is 14.3 Å². The Balaban J connectivity index is 1.08. The van der Waals surface area contributed by atoms with Gasteiger partial charge in [-0.25, -0.2) is 4.29 Å². The molecule has 0 aliphatic carbocycles. The van der Waals surface area contributed by atoms with Crippen LogP contribution in [0.2, 0.25) is 0 Å². The number of thiophene rings is 1. The van der Waals surface area contributed by atoms with Crippen LogP contribution < -0.4 is 15.2 Å². The van der Waals surface area contributed by atoms with Gasteiger partial charge < -0.3 is 19.5 Å². The molecule has 10 heteroatoms. The molecule has 0 radical (unpaired) electrons. The third kappa shape index (κ3) is 6.26. The summed E-state index contributed by atoms with van der Waals surface area (Å²) < 4.78 is 17.9. The normalized spacial score (nSPS) is 15.5. The zero-order valence-corrected chi connectivity index (χ0v) is 22.0. The summed E-state index contributed by atoms with van der Waals surface area (Å²) in [6, 6.07) is 17.6. The van der Waals surface area contributed by atoms with E-state index in [1.807, 2.05) is 12.1 Å². The van der Waals surface area contributed by atoms with Crippen LogP contribution in [0, 0.1) is 0 Å². The Morgan fingerprint density at radius 2 is 1.86 bits per heavy atom. The van der Waals surface area contributed by atoms with Crippen LogP contribution in [0.1, 0.15) is 12.8 Å². The van der Waals surface area contributed by atoms with Crippen LogP contribution in [0.15, 0.2) is 64.8 Å². The lowest BCUT2D eigenvalue weighted by molar-refractivity contribution is -0.231. The smallest absolute Gasteiger partial charge is 0.287 e. The maximum atomic E-state index is 12.3. The van der Waals surface area contributed by atoms with E-state index >= 15 is 0 Å². The Kier molecular flexibility index (Phi) is 8.60. The number of halogens is 1. The molecule has 1 aliphatic heterocycles. The van der Waals surface area contributed by atoms with Gasteiger partial charge >= 0.3 is 0 Å². The lowest BCUT2D eigenvalue weighted by Gasteiger charge is -2.36. The molecule has 2 aromatic carbocycles. The Bertz CT molecular complexity index is 1390. The summed E-state index contributed by atoms with van der Waals surface area (Å²) >= 11 is 6.89. The van der Waals surface area contributed by atoms with Crippen molar-refractivity contribution in [3.05, 3.63) is 70.3 Å². The number of unbranched alkanes of at least 4 members (excludes halogenated alkanes) is 1. The minimum atomic E-state index is -1.62. The average Bonchev–Trinajstić information content (AvgIpc) is 3.42. The Morgan fingerprint density at radius 3 is 2.70 bits per heavy atom. The van der Waals surface area contributed by atoms with Crippen LogP contribution in [-0.4, -0.2) is 60.4 Å². The number of piperazine rings is 1. The fourth-order valence-electron chi connectivity index (χ4n) is 4.75. The van der Waals surface area contributed by atoms with Crippen molar-refractivity contribution >= 4 is 49.9 Å². The average molecular weight is 544 g/mol. The molecule has 3 heterocycles. The number of benzene rings is 2. The first-order valence-corrected chi connectivity index (χ1v) is 13.6. The summed E-state index contributed by atoms with van der Waals surface area (Å²) in [7, 11) is 0. The molecule has 1 aliphatic rings. The van der Waals surface area contributed by atoms with E-state index in [1.165, 1.54) is 26.4 Å². The fraction of sp³-hybridized carbons (Fsp3) is 0.370. The molecule has 8 nitrogen and oxygen atoms in total. The van der Waals surface area contributed by atoms with E-state index in [0.717, 1.165) is 51.0 Å². The summed E-state index contributed by atoms with van der Waals surface area (Å²) in [6.45, 7) is 4.04. The third-order valence-corrected chi connectivity index (χ3v) is 7.74. The van der Waals surface area contributed by atoms with Gasteiger partial charge in [0.15, 0.2) is 0 Å². The number of aliphatic hydroxyl groups excluding tert-OH is 1. The summed E-state index contributed by atoms with van der Waals surface area (Å²) in [4.78, 5) is 17.3. The fourth-order valence-corrected chi connectivity index (χ4v) is 5.61. The molecule has 0 bridgehead atoms. The molecule has 5 rings (SSSR count). The third-order valence-electron chi connectivity index (χ3n) is 6.71. The zero-order valence-electron chi connectivity index (χ0n) is 20.4. The van der Waals surface area contributed by atoms with E-state index in [4.69, 9.17) is 21.3 Å². The van der Waals surface area contributed by atoms with Gasteiger partial charge in [0.25, 0.3) is 12.0 Å². The SMILES string of the molecule is O=c1ccc2ccc(OCCCCN3CCN(c4cccc5sccc45)CC3)cc2n1COC(O)OCl. The zero-order chi connectivity index (χ0) is 25.6. The van der Waals surface area contributed by atoms with Crippen LogP contribution >= 0.6 is 23.2 Å². The second kappa shape index (κ2) is 12.3. The minimum absolute atomic E-state index is 0.205. The van der Waals surface area contributed by atoms with E-state index < -0.39 is 6.48 Å². The number of fused-ring (bicyclic) bond motifs is 2. The number of nitrogens with zero attached hydrogens (tertiary/aromatic N) is 3. The predicted molar refractivity (Wildman–Crippen MR) is 147 cm³/mol. The van der Waals surface area contributed by atoms with Gasteiger partial charge in [-0.05, 0) is 66.6 Å². The molecule has 1 N–H and O–H groups in total. The number of hydrogen-bond donors (Lipinski definition) is 1. The van der Waals surface area contributed by atoms with Crippen LogP contribution in [0.5, 0.6) is 5.75 Å². The van der Waals surface area contributed by atoms with Gasteiger partial charge in [-0.1, -0.05) is 6.07 Å². The van der Waals surface area contributed by atoms with Gasteiger partial charge in [-0.15, -0.1) is 11.3 Å². The standard InChI is InChI=1S/C27H30ClN3O5S/c28-36-27(33)35-19-31-24-18-21(8-6-20(24)7-9-26(31)32)34-16-2-1-11-29-12-14-30(15-13-29)23-4-3-5-25-22(23)10-17-37-25/h3-10,17-18,27,33H,1-2,11-16,19H2. The van der Waals surface area contributed by atoms with E-state index in [9.17, 15) is 9.90 Å². The maximum absolute atomic E-state index is 12.3. The molecule has 1 unspecified atom stereocenters. The topological polar surface area (TPSA) is 76.4 Å². The van der Waals surface area contributed by atoms with Crippen molar-refractivity contribution in [2.24, 2.45) is 0 Å². The summed E-state index contributed by atoms with van der Waals surface area (Å²) in [5, 5.41) is 13.8. The number of hydrogen-bond acceptors (Lipinski definition) is 8. The van der Waals surface area contributed by atoms with E-state index in [0.29, 0.717) is 17.9 Å². The number of pyridine rings is 1. The van der Waals surface area contributed by atoms with Crippen LogP contribution in [0.4, 0.5) is 5.69 Å². The Morgan fingerprint density at radius 1 is 1.03 bits per heavy atom. The largest absolute Gasteiger partial charge is 0.494 e. The van der Waals surface area contributed by atoms with E-state index in [2.05, 4.69) is 43.7 Å². The molecule has 0 saturated carbocycles. The van der Waals surface area contributed by atoms with Crippen LogP contribution in [0.3, 0.4) is 0 Å².